The van der Waals surface area contributed by atoms with Crippen LogP contribution >= 0.6 is 15.9 Å². The molecule has 0 spiro atoms. The smallest absolute Gasteiger partial charge is 0.151 e. The molecule has 4 aromatic rings. The molecule has 0 bridgehead atoms. The number of nitrogens with two attached hydrogens (primary N) is 1. The highest BCUT2D eigenvalue weighted by molar-refractivity contribution is 9.10. The highest BCUT2D eigenvalue weighted by atomic mass is 79.9. The van der Waals surface area contributed by atoms with Gasteiger partial charge >= 0.3 is 0 Å². The van der Waals surface area contributed by atoms with Gasteiger partial charge in [0.25, 0.3) is 0 Å². The lowest BCUT2D eigenvalue weighted by Gasteiger charge is -2.07. The number of halogens is 1. The molecule has 4 N–H and O–H groups in total. The van der Waals surface area contributed by atoms with Crippen LogP contribution in [0.4, 0.5) is 17.2 Å². The predicted molar refractivity (Wildman–Crippen MR) is 132 cm³/mol. The highest BCUT2D eigenvalue weighted by Gasteiger charge is 2.08. The fourth-order valence-corrected chi connectivity index (χ4v) is 3.77. The molecule has 4 rings (SSSR count). The van der Waals surface area contributed by atoms with E-state index in [1.807, 2.05) is 61.5 Å². The van der Waals surface area contributed by atoms with Crippen LogP contribution in [0.3, 0.4) is 0 Å². The zero-order valence-corrected chi connectivity index (χ0v) is 19.1. The highest BCUT2D eigenvalue weighted by Crippen LogP contribution is 2.33. The molecule has 0 saturated carbocycles. The number of benzene rings is 3. The van der Waals surface area contributed by atoms with E-state index in [1.54, 1.807) is 12.3 Å². The fourth-order valence-electron chi connectivity index (χ4n) is 3.41. The molecule has 160 valence electrons. The van der Waals surface area contributed by atoms with Crippen molar-refractivity contribution >= 4 is 49.6 Å². The van der Waals surface area contributed by atoms with E-state index in [-0.39, 0.29) is 0 Å². The van der Waals surface area contributed by atoms with Gasteiger partial charge < -0.3 is 16.2 Å². The van der Waals surface area contributed by atoms with Crippen LogP contribution < -0.4 is 5.73 Å². The normalized spacial score (nSPS) is 11.3. The number of aromatic hydroxyl groups is 1. The molecule has 0 amide bonds. The minimum atomic E-state index is 0.294. The molecule has 1 heterocycles. The molecule has 0 saturated heterocycles. The molecule has 0 radical (unpaired) electrons. The number of phenolic OH excluding ortho intramolecular Hbond substituents is 1. The summed E-state index contributed by atoms with van der Waals surface area (Å²) in [5.41, 5.74) is 10.6. The third kappa shape index (κ3) is 4.84. The van der Waals surface area contributed by atoms with E-state index in [2.05, 4.69) is 31.1 Å². The van der Waals surface area contributed by atoms with E-state index in [4.69, 9.17) is 11.1 Å². The number of hydrogen-bond acceptors (Lipinski definition) is 6. The molecule has 1 aromatic heterocycles. The average Bonchev–Trinajstić information content (AvgIpc) is 2.79. The number of phenols is 1. The second kappa shape index (κ2) is 9.28. The molecular formula is C25H22BrN5O. The van der Waals surface area contributed by atoms with Gasteiger partial charge in [-0.05, 0) is 66.8 Å². The molecule has 32 heavy (non-hydrogen) atoms. The molecule has 0 fully saturated rings. The van der Waals surface area contributed by atoms with Crippen LogP contribution in [0.1, 0.15) is 23.1 Å². The maximum atomic E-state index is 9.65. The van der Waals surface area contributed by atoms with Crippen LogP contribution in [-0.2, 0) is 6.42 Å². The molecule has 3 aromatic carbocycles. The minimum Gasteiger partial charge on any atom is -0.508 e. The monoisotopic (exact) mass is 487 g/mol. The Hall–Kier alpha value is -3.58. The van der Waals surface area contributed by atoms with Gasteiger partial charge in [0.15, 0.2) is 5.82 Å². The Kier molecular flexibility index (Phi) is 6.28. The lowest BCUT2D eigenvalue weighted by atomic mass is 10.0. The Labute approximate surface area is 194 Å². The predicted octanol–water partition coefficient (Wildman–Crippen LogP) is 7.01. The number of pyridine rings is 1. The second-order valence-corrected chi connectivity index (χ2v) is 8.49. The number of nitrogens with one attached hydrogen (secondary N) is 1. The van der Waals surface area contributed by atoms with Gasteiger partial charge in [0.1, 0.15) is 11.4 Å². The summed E-state index contributed by atoms with van der Waals surface area (Å²) >= 11 is 3.48. The first-order valence-corrected chi connectivity index (χ1v) is 10.9. The Morgan fingerprint density at radius 2 is 1.84 bits per heavy atom. The first-order valence-electron chi connectivity index (χ1n) is 10.1. The van der Waals surface area contributed by atoms with Crippen LogP contribution in [0, 0.1) is 12.3 Å². The molecule has 7 heteroatoms. The van der Waals surface area contributed by atoms with Crippen LogP contribution in [-0.4, -0.2) is 15.8 Å². The number of nitrogens with zero attached hydrogens (tertiary/aromatic N) is 3. The second-order valence-electron chi connectivity index (χ2n) is 7.57. The van der Waals surface area contributed by atoms with E-state index in [0.717, 1.165) is 38.4 Å². The summed E-state index contributed by atoms with van der Waals surface area (Å²) in [6.45, 7) is 1.87. The lowest BCUT2D eigenvalue weighted by molar-refractivity contribution is 0.471. The van der Waals surface area contributed by atoms with E-state index in [1.165, 1.54) is 0 Å². The molecular weight excluding hydrogens is 466 g/mol. The number of nitrogen functional groups attached to an aromatic ring is 1. The third-order valence-electron chi connectivity index (χ3n) is 5.26. The van der Waals surface area contributed by atoms with E-state index >= 15 is 0 Å². The number of hydrogen-bond donors (Lipinski definition) is 3. The van der Waals surface area contributed by atoms with E-state index in [0.29, 0.717) is 35.1 Å². The van der Waals surface area contributed by atoms with Crippen LogP contribution in [0.25, 0.3) is 10.8 Å². The van der Waals surface area contributed by atoms with Gasteiger partial charge in [-0.3, -0.25) is 0 Å². The van der Waals surface area contributed by atoms with Crippen molar-refractivity contribution in [2.75, 3.05) is 5.73 Å². The Balaban J connectivity index is 1.47. The van der Waals surface area contributed by atoms with Gasteiger partial charge in [-0.2, -0.15) is 5.11 Å². The standard InChI is InChI=1S/C25H22BrN5O/c1-15-12-16(3-11-23(15)32)2-10-22(27)17-5-8-20(9-6-17)30-31-24-21-13-19(26)7-4-18(21)14-29-25(24)28/h3-9,11-14,27,32H,2,10H2,1H3,(H2,28,29). The van der Waals surface area contributed by atoms with Crippen LogP contribution in [0.15, 0.2) is 81.6 Å². The van der Waals surface area contributed by atoms with Crippen molar-refractivity contribution in [3.63, 3.8) is 0 Å². The average molecular weight is 488 g/mol. The molecule has 0 aliphatic heterocycles. The number of azo groups is 1. The van der Waals surface area contributed by atoms with Crippen molar-refractivity contribution in [1.82, 2.24) is 4.98 Å². The van der Waals surface area contributed by atoms with Crippen molar-refractivity contribution < 1.29 is 5.11 Å². The molecule has 0 aliphatic carbocycles. The summed E-state index contributed by atoms with van der Waals surface area (Å²) in [7, 11) is 0. The summed E-state index contributed by atoms with van der Waals surface area (Å²) in [5, 5.41) is 28.5. The van der Waals surface area contributed by atoms with Crippen molar-refractivity contribution in [3.8, 4) is 5.75 Å². The largest absolute Gasteiger partial charge is 0.508 e. The first kappa shape index (κ1) is 21.6. The number of anilines is 1. The molecule has 0 unspecified atom stereocenters. The zero-order valence-electron chi connectivity index (χ0n) is 17.5. The van der Waals surface area contributed by atoms with Gasteiger partial charge in [-0.15, -0.1) is 5.11 Å². The first-order chi connectivity index (χ1) is 15.4. The quantitative estimate of drug-likeness (QED) is 0.201. The van der Waals surface area contributed by atoms with Gasteiger partial charge in [0.05, 0.1) is 5.69 Å². The summed E-state index contributed by atoms with van der Waals surface area (Å²) in [4.78, 5) is 4.21. The van der Waals surface area contributed by atoms with Crippen molar-refractivity contribution in [2.45, 2.75) is 19.8 Å². The molecule has 0 atom stereocenters. The summed E-state index contributed by atoms with van der Waals surface area (Å²) in [6.07, 6.45) is 3.07. The van der Waals surface area contributed by atoms with Crippen molar-refractivity contribution in [2.24, 2.45) is 10.2 Å². The maximum absolute atomic E-state index is 9.65. The topological polar surface area (TPSA) is 108 Å². The fraction of sp³-hybridized carbons (Fsp3) is 0.120. The Bertz CT molecular complexity index is 1330. The van der Waals surface area contributed by atoms with Gasteiger partial charge in [-0.25, -0.2) is 4.98 Å². The Morgan fingerprint density at radius 3 is 2.59 bits per heavy atom. The lowest BCUT2D eigenvalue weighted by Crippen LogP contribution is -2.01. The van der Waals surface area contributed by atoms with Gasteiger partial charge in [0.2, 0.25) is 0 Å². The van der Waals surface area contributed by atoms with Crippen molar-refractivity contribution in [1.29, 1.82) is 5.41 Å². The van der Waals surface area contributed by atoms with E-state index < -0.39 is 0 Å². The minimum absolute atomic E-state index is 0.294. The molecule has 0 aliphatic rings. The summed E-state index contributed by atoms with van der Waals surface area (Å²) < 4.78 is 0.928. The number of aryl methyl sites for hydroxylation is 2. The molecule has 6 nitrogen and oxygen atoms in total. The summed E-state index contributed by atoms with van der Waals surface area (Å²) in [5.74, 6) is 0.615. The zero-order chi connectivity index (χ0) is 22.7. The third-order valence-corrected chi connectivity index (χ3v) is 5.76. The number of rotatable bonds is 6. The summed E-state index contributed by atoms with van der Waals surface area (Å²) in [6, 6.07) is 18.8. The van der Waals surface area contributed by atoms with E-state index in [9.17, 15) is 5.11 Å². The number of aromatic nitrogens is 1. The Morgan fingerprint density at radius 1 is 1.06 bits per heavy atom. The SMILES string of the molecule is Cc1cc(CCC(=N)c2ccc(N=Nc3c(N)ncc4ccc(Br)cc34)cc2)ccc1O. The van der Waals surface area contributed by atoms with Crippen LogP contribution in [0.5, 0.6) is 5.75 Å². The van der Waals surface area contributed by atoms with Gasteiger partial charge in [-0.1, -0.05) is 46.3 Å². The maximum Gasteiger partial charge on any atom is 0.151 e. The van der Waals surface area contributed by atoms with Gasteiger partial charge in [0, 0.05) is 27.2 Å². The van der Waals surface area contributed by atoms with Crippen LogP contribution in [0.2, 0.25) is 0 Å². The van der Waals surface area contributed by atoms with Crippen molar-refractivity contribution in [3.05, 3.63) is 88.0 Å². The number of fused-ring (bicyclic) bond motifs is 1.